The molecule has 8 heteroatoms. The molecule has 30 heavy (non-hydrogen) atoms. The van der Waals surface area contributed by atoms with Crippen LogP contribution in [0.15, 0.2) is 48.7 Å². The Balaban J connectivity index is 1.30. The molecule has 5 nitrogen and oxygen atoms in total. The molecule has 2 amide bonds. The van der Waals surface area contributed by atoms with Gasteiger partial charge in [0, 0.05) is 39.4 Å². The Kier molecular flexibility index (Phi) is 6.52. The number of carbonyl (C=O) groups is 1. The maximum atomic E-state index is 12.3. The molecule has 2 aromatic carbocycles. The van der Waals surface area contributed by atoms with Gasteiger partial charge in [-0.2, -0.15) is 0 Å². The predicted molar refractivity (Wildman–Crippen MR) is 125 cm³/mol. The second-order valence-electron chi connectivity index (χ2n) is 7.44. The lowest BCUT2D eigenvalue weighted by Crippen LogP contribution is -2.42. The summed E-state index contributed by atoms with van der Waals surface area (Å²) < 4.78 is 0. The van der Waals surface area contributed by atoms with Crippen molar-refractivity contribution in [3.8, 4) is 0 Å². The second kappa shape index (κ2) is 9.29. The van der Waals surface area contributed by atoms with Crippen molar-refractivity contribution in [1.29, 1.82) is 0 Å². The lowest BCUT2D eigenvalue weighted by atomic mass is 9.91. The molecule has 0 radical (unpaired) electrons. The Morgan fingerprint density at radius 1 is 0.867 bits per heavy atom. The molecule has 1 aromatic heterocycles. The van der Waals surface area contributed by atoms with E-state index in [4.69, 9.17) is 34.8 Å². The summed E-state index contributed by atoms with van der Waals surface area (Å²) in [5.74, 6) is 0. The number of halogens is 3. The van der Waals surface area contributed by atoms with Crippen LogP contribution in [0.4, 0.5) is 16.2 Å². The molecule has 1 saturated carbocycles. The van der Waals surface area contributed by atoms with E-state index < -0.39 is 0 Å². The van der Waals surface area contributed by atoms with E-state index in [0.717, 1.165) is 42.3 Å². The minimum absolute atomic E-state index is 0.127. The standard InChI is InChI=1S/C22H21Cl3N4O/c23-13-2-8-20(18(25)11-13)29-22(30)28-16-5-3-15(4-6-16)27-19-9-10-26-21-12-14(24)1-7-17(19)21/h1-2,7-12,15-16H,3-6H2,(H,26,27)(H2,28,29,30). The molecule has 0 spiro atoms. The van der Waals surface area contributed by atoms with Crippen LogP contribution in [0.25, 0.3) is 10.9 Å². The van der Waals surface area contributed by atoms with Crippen molar-refractivity contribution in [2.45, 2.75) is 37.8 Å². The lowest BCUT2D eigenvalue weighted by molar-refractivity contribution is 0.243. The summed E-state index contributed by atoms with van der Waals surface area (Å²) in [7, 11) is 0. The van der Waals surface area contributed by atoms with Crippen molar-refractivity contribution < 1.29 is 4.79 Å². The van der Waals surface area contributed by atoms with E-state index in [2.05, 4.69) is 20.9 Å². The highest BCUT2D eigenvalue weighted by Crippen LogP contribution is 2.29. The SMILES string of the molecule is O=C(Nc1ccc(Cl)cc1Cl)NC1CCC(Nc2ccnc3cc(Cl)ccc23)CC1. The van der Waals surface area contributed by atoms with Gasteiger partial charge in [-0.1, -0.05) is 34.8 Å². The molecular formula is C22H21Cl3N4O. The number of urea groups is 1. The van der Waals surface area contributed by atoms with Gasteiger partial charge in [0.1, 0.15) is 0 Å². The number of benzene rings is 2. The average molecular weight is 464 g/mol. The summed E-state index contributed by atoms with van der Waals surface area (Å²) in [6.45, 7) is 0. The molecular weight excluding hydrogens is 443 g/mol. The fourth-order valence-corrected chi connectivity index (χ4v) is 4.41. The third-order valence-electron chi connectivity index (χ3n) is 5.31. The monoisotopic (exact) mass is 462 g/mol. The van der Waals surface area contributed by atoms with Gasteiger partial charge >= 0.3 is 6.03 Å². The number of rotatable bonds is 4. The number of nitrogens with zero attached hydrogens (tertiary/aromatic N) is 1. The first kappa shape index (κ1) is 21.0. The molecule has 1 aliphatic carbocycles. The van der Waals surface area contributed by atoms with E-state index >= 15 is 0 Å². The molecule has 156 valence electrons. The van der Waals surface area contributed by atoms with E-state index in [-0.39, 0.29) is 12.1 Å². The number of nitrogens with one attached hydrogen (secondary N) is 3. The summed E-state index contributed by atoms with van der Waals surface area (Å²) in [4.78, 5) is 16.7. The molecule has 1 fully saturated rings. The maximum Gasteiger partial charge on any atom is 0.319 e. The van der Waals surface area contributed by atoms with Crippen molar-refractivity contribution in [3.05, 3.63) is 63.7 Å². The van der Waals surface area contributed by atoms with E-state index in [9.17, 15) is 4.79 Å². The van der Waals surface area contributed by atoms with Crippen LogP contribution in [0.3, 0.4) is 0 Å². The molecule has 3 aromatic rings. The maximum absolute atomic E-state index is 12.3. The highest BCUT2D eigenvalue weighted by atomic mass is 35.5. The summed E-state index contributed by atoms with van der Waals surface area (Å²) in [5.41, 5.74) is 2.47. The van der Waals surface area contributed by atoms with E-state index in [1.165, 1.54) is 0 Å². The Labute approximate surface area is 190 Å². The third kappa shape index (κ3) is 5.09. The summed E-state index contributed by atoms with van der Waals surface area (Å²) in [5, 5.41) is 12.1. The third-order valence-corrected chi connectivity index (χ3v) is 6.09. The molecule has 4 rings (SSSR count). The molecule has 1 aliphatic rings. The number of aromatic nitrogens is 1. The molecule has 0 bridgehead atoms. The lowest BCUT2D eigenvalue weighted by Gasteiger charge is -2.30. The largest absolute Gasteiger partial charge is 0.382 e. The molecule has 0 saturated heterocycles. The minimum atomic E-state index is -0.257. The van der Waals surface area contributed by atoms with Gasteiger partial charge < -0.3 is 16.0 Å². The van der Waals surface area contributed by atoms with Crippen LogP contribution >= 0.6 is 34.8 Å². The number of fused-ring (bicyclic) bond motifs is 1. The van der Waals surface area contributed by atoms with Gasteiger partial charge in [-0.25, -0.2) is 4.79 Å². The Morgan fingerprint density at radius 3 is 2.33 bits per heavy atom. The van der Waals surface area contributed by atoms with Gasteiger partial charge in [0.05, 0.1) is 16.2 Å². The molecule has 0 atom stereocenters. The fraction of sp³-hybridized carbons (Fsp3) is 0.273. The molecule has 0 unspecified atom stereocenters. The second-order valence-corrected chi connectivity index (χ2v) is 8.72. The van der Waals surface area contributed by atoms with E-state index in [1.54, 1.807) is 24.4 Å². The van der Waals surface area contributed by atoms with Gasteiger partial charge in [-0.05, 0) is 68.1 Å². The Bertz CT molecular complexity index is 1070. The first-order valence-electron chi connectivity index (χ1n) is 9.81. The Morgan fingerprint density at radius 2 is 1.57 bits per heavy atom. The summed E-state index contributed by atoms with van der Waals surface area (Å²) >= 11 is 18.1. The number of carbonyl (C=O) groups excluding carboxylic acids is 1. The van der Waals surface area contributed by atoms with Crippen LogP contribution < -0.4 is 16.0 Å². The van der Waals surface area contributed by atoms with Crippen LogP contribution in [0.5, 0.6) is 0 Å². The first-order chi connectivity index (χ1) is 14.5. The normalized spacial score (nSPS) is 18.8. The predicted octanol–water partition coefficient (Wildman–Crippen LogP) is 6.74. The summed E-state index contributed by atoms with van der Waals surface area (Å²) in [6, 6.07) is 12.9. The van der Waals surface area contributed by atoms with Crippen LogP contribution in [0.1, 0.15) is 25.7 Å². The van der Waals surface area contributed by atoms with Gasteiger partial charge in [-0.3, -0.25) is 4.98 Å². The zero-order chi connectivity index (χ0) is 21.1. The van der Waals surface area contributed by atoms with Crippen molar-refractivity contribution in [2.75, 3.05) is 10.6 Å². The highest BCUT2D eigenvalue weighted by molar-refractivity contribution is 6.36. The first-order valence-corrected chi connectivity index (χ1v) is 10.9. The number of pyridine rings is 1. The number of anilines is 2. The minimum Gasteiger partial charge on any atom is -0.382 e. The van der Waals surface area contributed by atoms with Crippen molar-refractivity contribution in [2.24, 2.45) is 0 Å². The van der Waals surface area contributed by atoms with E-state index in [0.29, 0.717) is 26.8 Å². The van der Waals surface area contributed by atoms with Crippen molar-refractivity contribution >= 4 is 63.1 Å². The number of hydrogen-bond acceptors (Lipinski definition) is 3. The van der Waals surface area contributed by atoms with Crippen LogP contribution in [-0.4, -0.2) is 23.1 Å². The average Bonchev–Trinajstić information content (AvgIpc) is 2.71. The van der Waals surface area contributed by atoms with Crippen LogP contribution in [-0.2, 0) is 0 Å². The van der Waals surface area contributed by atoms with Crippen molar-refractivity contribution in [1.82, 2.24) is 10.3 Å². The van der Waals surface area contributed by atoms with Gasteiger partial charge in [0.15, 0.2) is 0 Å². The van der Waals surface area contributed by atoms with Gasteiger partial charge in [0.25, 0.3) is 0 Å². The van der Waals surface area contributed by atoms with Crippen LogP contribution in [0.2, 0.25) is 15.1 Å². The zero-order valence-electron chi connectivity index (χ0n) is 16.1. The van der Waals surface area contributed by atoms with Crippen molar-refractivity contribution in [3.63, 3.8) is 0 Å². The zero-order valence-corrected chi connectivity index (χ0v) is 18.4. The fourth-order valence-electron chi connectivity index (χ4n) is 3.78. The molecule has 0 aliphatic heterocycles. The Hall–Kier alpha value is -2.21. The molecule has 1 heterocycles. The topological polar surface area (TPSA) is 66.1 Å². The van der Waals surface area contributed by atoms with Gasteiger partial charge in [0.2, 0.25) is 0 Å². The van der Waals surface area contributed by atoms with Gasteiger partial charge in [-0.15, -0.1) is 0 Å². The quantitative estimate of drug-likeness (QED) is 0.401. The number of amides is 2. The highest BCUT2D eigenvalue weighted by Gasteiger charge is 2.23. The smallest absolute Gasteiger partial charge is 0.319 e. The molecule has 3 N–H and O–H groups in total. The number of hydrogen-bond donors (Lipinski definition) is 3. The van der Waals surface area contributed by atoms with Crippen LogP contribution in [0, 0.1) is 0 Å². The van der Waals surface area contributed by atoms with E-state index in [1.807, 2.05) is 24.3 Å². The summed E-state index contributed by atoms with van der Waals surface area (Å²) in [6.07, 6.45) is 5.51.